The Morgan fingerprint density at radius 2 is 1.70 bits per heavy atom. The molecule has 3 heterocycles. The molecule has 0 spiro atoms. The largest absolute Gasteiger partial charge is 0.394 e. The van der Waals surface area contributed by atoms with Crippen LogP contribution in [0.1, 0.15) is 29.8 Å². The second-order valence-corrected chi connectivity index (χ2v) is 10.8. The van der Waals surface area contributed by atoms with Crippen molar-refractivity contribution in [3.63, 3.8) is 0 Å². The van der Waals surface area contributed by atoms with Gasteiger partial charge >= 0.3 is 0 Å². The van der Waals surface area contributed by atoms with Crippen LogP contribution in [0.25, 0.3) is 11.0 Å². The van der Waals surface area contributed by atoms with Gasteiger partial charge in [0.15, 0.2) is 11.9 Å². The van der Waals surface area contributed by atoms with Crippen molar-refractivity contribution in [2.75, 3.05) is 70.9 Å². The Hall–Kier alpha value is -2.90. The van der Waals surface area contributed by atoms with E-state index in [0.717, 1.165) is 12.8 Å². The predicted octanol–water partition coefficient (Wildman–Crippen LogP) is 1.28. The van der Waals surface area contributed by atoms with Crippen molar-refractivity contribution in [1.29, 1.82) is 0 Å². The number of ether oxygens (including phenoxy) is 5. The van der Waals surface area contributed by atoms with E-state index in [1.807, 2.05) is 12.1 Å². The fourth-order valence-corrected chi connectivity index (χ4v) is 5.75. The van der Waals surface area contributed by atoms with Crippen LogP contribution in [0.2, 0.25) is 5.28 Å². The summed E-state index contributed by atoms with van der Waals surface area (Å²) in [6.07, 6.45) is 3.92. The van der Waals surface area contributed by atoms with Crippen LogP contribution in [0.3, 0.4) is 0 Å². The first-order chi connectivity index (χ1) is 21.5. The van der Waals surface area contributed by atoms with Crippen LogP contribution in [0.15, 0.2) is 30.5 Å². The number of hydrogen-bond donors (Lipinski definition) is 3. The summed E-state index contributed by atoms with van der Waals surface area (Å²) in [5.74, 6) is 2.98. The molecule has 0 saturated carbocycles. The lowest BCUT2D eigenvalue weighted by atomic mass is 10.1. The second kappa shape index (κ2) is 15.9. The molecule has 1 aliphatic carbocycles. The minimum atomic E-state index is -1.32. The van der Waals surface area contributed by atoms with Crippen molar-refractivity contribution in [3.05, 3.63) is 46.9 Å². The summed E-state index contributed by atoms with van der Waals surface area (Å²) in [5.41, 5.74) is 2.82. The summed E-state index contributed by atoms with van der Waals surface area (Å²) in [5, 5.41) is 35.5. The van der Waals surface area contributed by atoms with Gasteiger partial charge in [0, 0.05) is 6.54 Å². The molecule has 2 aromatic heterocycles. The highest BCUT2D eigenvalue weighted by atomic mass is 35.5. The van der Waals surface area contributed by atoms with Crippen molar-refractivity contribution in [2.45, 2.75) is 43.4 Å². The fraction of sp³-hybridized carbons (Fsp3) is 0.567. The maximum absolute atomic E-state index is 10.6. The second-order valence-electron chi connectivity index (χ2n) is 10.4. The first-order valence-electron chi connectivity index (χ1n) is 14.7. The third-order valence-electron chi connectivity index (χ3n) is 7.69. The number of hydrogen-bond acceptors (Lipinski definition) is 12. The van der Waals surface area contributed by atoms with E-state index in [9.17, 15) is 15.3 Å². The molecule has 44 heavy (non-hydrogen) atoms. The van der Waals surface area contributed by atoms with Gasteiger partial charge in [-0.1, -0.05) is 30.2 Å². The van der Waals surface area contributed by atoms with Gasteiger partial charge in [-0.3, -0.25) is 0 Å². The molecule has 14 heteroatoms. The number of fused-ring (bicyclic) bond motifs is 2. The quantitative estimate of drug-likeness (QED) is 0.112. The Labute approximate surface area is 260 Å². The van der Waals surface area contributed by atoms with Crippen LogP contribution in [0.5, 0.6) is 0 Å². The highest BCUT2D eigenvalue weighted by Crippen LogP contribution is 2.40. The minimum absolute atomic E-state index is 0.00331. The topological polar surface area (TPSA) is 154 Å². The molecule has 1 aromatic carbocycles. The third-order valence-corrected chi connectivity index (χ3v) is 7.86. The molecule has 3 aromatic rings. The van der Waals surface area contributed by atoms with E-state index in [1.165, 1.54) is 15.8 Å². The molecule has 0 bridgehead atoms. The maximum Gasteiger partial charge on any atom is 0.226 e. The van der Waals surface area contributed by atoms with Crippen LogP contribution >= 0.6 is 11.6 Å². The van der Waals surface area contributed by atoms with Gasteiger partial charge in [-0.25, -0.2) is 4.68 Å². The Morgan fingerprint density at radius 1 is 1.00 bits per heavy atom. The SMILES string of the molecule is C#CCOCCOCCOCCOCCN(c1nc(Cl)nc2c1cnn2[C@@H]1O[C@H](CO)[C@@H](O)[C@H]1O)C1CCc2ccccc21. The normalized spacial score (nSPS) is 22.8. The molecule has 13 nitrogen and oxygen atoms in total. The number of benzene rings is 1. The molecule has 3 N–H and O–H groups in total. The van der Waals surface area contributed by atoms with E-state index >= 15 is 0 Å². The summed E-state index contributed by atoms with van der Waals surface area (Å²) < 4.78 is 29.2. The Bertz CT molecular complexity index is 1400. The zero-order valence-corrected chi connectivity index (χ0v) is 25.1. The van der Waals surface area contributed by atoms with E-state index in [4.69, 9.17) is 41.7 Å². The lowest BCUT2D eigenvalue weighted by Crippen LogP contribution is -2.33. The molecule has 2 aliphatic rings. The number of aryl methyl sites for hydroxylation is 1. The molecule has 0 radical (unpaired) electrons. The Balaban J connectivity index is 1.26. The minimum Gasteiger partial charge on any atom is -0.394 e. The number of nitrogens with zero attached hydrogens (tertiary/aromatic N) is 5. The lowest BCUT2D eigenvalue weighted by molar-refractivity contribution is -0.0566. The first kappa shape index (κ1) is 32.5. The van der Waals surface area contributed by atoms with Gasteiger partial charge in [-0.15, -0.1) is 6.42 Å². The van der Waals surface area contributed by atoms with Crippen LogP contribution in [0.4, 0.5) is 5.82 Å². The van der Waals surface area contributed by atoms with Crippen molar-refractivity contribution >= 4 is 28.5 Å². The predicted molar refractivity (Wildman–Crippen MR) is 160 cm³/mol. The van der Waals surface area contributed by atoms with Crippen molar-refractivity contribution in [2.24, 2.45) is 0 Å². The summed E-state index contributed by atoms with van der Waals surface area (Å²) >= 11 is 6.46. The summed E-state index contributed by atoms with van der Waals surface area (Å²) in [7, 11) is 0. The van der Waals surface area contributed by atoms with E-state index in [0.29, 0.717) is 69.6 Å². The molecule has 238 valence electrons. The zero-order valence-electron chi connectivity index (χ0n) is 24.3. The number of terminal acetylenes is 1. The fourth-order valence-electron chi connectivity index (χ4n) is 5.59. The summed E-state index contributed by atoms with van der Waals surface area (Å²) in [6, 6.07) is 8.34. The third kappa shape index (κ3) is 7.48. The summed E-state index contributed by atoms with van der Waals surface area (Å²) in [4.78, 5) is 11.2. The van der Waals surface area contributed by atoms with Crippen LogP contribution in [-0.2, 0) is 30.1 Å². The monoisotopic (exact) mass is 631 g/mol. The van der Waals surface area contributed by atoms with Gasteiger partial charge < -0.3 is 43.9 Å². The van der Waals surface area contributed by atoms with Crippen molar-refractivity contribution < 1.29 is 39.0 Å². The number of aromatic nitrogens is 4. The number of aliphatic hydroxyl groups is 3. The Morgan fingerprint density at radius 3 is 2.41 bits per heavy atom. The van der Waals surface area contributed by atoms with Gasteiger partial charge in [-0.2, -0.15) is 15.1 Å². The lowest BCUT2D eigenvalue weighted by Gasteiger charge is -2.31. The number of halogens is 1. The highest BCUT2D eigenvalue weighted by Gasteiger charge is 2.44. The first-order valence-corrected chi connectivity index (χ1v) is 15.0. The van der Waals surface area contributed by atoms with Gasteiger partial charge in [-0.05, 0) is 35.6 Å². The molecule has 1 fully saturated rings. The number of anilines is 1. The Kier molecular flexibility index (Phi) is 11.7. The average Bonchev–Trinajstić information content (AvgIpc) is 3.73. The molecule has 0 amide bonds. The molecular weight excluding hydrogens is 594 g/mol. The molecule has 1 unspecified atom stereocenters. The van der Waals surface area contributed by atoms with Gasteiger partial charge in [0.2, 0.25) is 5.28 Å². The molecule has 1 aliphatic heterocycles. The summed E-state index contributed by atoms with van der Waals surface area (Å²) in [6.45, 7) is 3.35. The number of aliphatic hydroxyl groups excluding tert-OH is 3. The highest BCUT2D eigenvalue weighted by molar-refractivity contribution is 6.28. The average molecular weight is 632 g/mol. The standard InChI is InChI=1S/C30H38ClN5O8/c1-2-10-40-12-14-42-16-17-43-15-13-41-11-9-35(23-8-7-20-5-3-4-6-21(20)23)27-22-18-32-36(28(22)34-30(31)33-27)29-26(39)25(38)24(19-37)44-29/h1,3-6,18,23-26,29,37-39H,7-17,19H2/t23?,24-,25-,26-,29-/m1/s1. The van der Waals surface area contributed by atoms with E-state index in [1.54, 1.807) is 6.20 Å². The van der Waals surface area contributed by atoms with Crippen molar-refractivity contribution in [3.8, 4) is 12.3 Å². The van der Waals surface area contributed by atoms with Crippen LogP contribution in [-0.4, -0.2) is 119 Å². The van der Waals surface area contributed by atoms with Gasteiger partial charge in [0.05, 0.1) is 70.5 Å². The van der Waals surface area contributed by atoms with Crippen LogP contribution < -0.4 is 4.90 Å². The molecule has 1 saturated heterocycles. The smallest absolute Gasteiger partial charge is 0.226 e. The molecule has 5 atom stereocenters. The van der Waals surface area contributed by atoms with E-state index in [-0.39, 0.29) is 17.9 Å². The van der Waals surface area contributed by atoms with Crippen LogP contribution in [0, 0.1) is 12.3 Å². The maximum atomic E-state index is 10.6. The molecule has 5 rings (SSSR count). The van der Waals surface area contributed by atoms with Gasteiger partial charge in [0.1, 0.15) is 30.7 Å². The van der Waals surface area contributed by atoms with E-state index < -0.39 is 31.1 Å². The van der Waals surface area contributed by atoms with Crippen molar-refractivity contribution in [1.82, 2.24) is 19.7 Å². The zero-order chi connectivity index (χ0) is 30.9. The number of rotatable bonds is 17. The van der Waals surface area contributed by atoms with E-state index in [2.05, 4.69) is 38.0 Å². The van der Waals surface area contributed by atoms with Gasteiger partial charge in [0.25, 0.3) is 0 Å². The molecular formula is C30H38ClN5O8.